The van der Waals surface area contributed by atoms with Crippen molar-refractivity contribution in [3.8, 4) is 6.07 Å². The molecule has 13 heavy (non-hydrogen) atoms. The second kappa shape index (κ2) is 9.67. The van der Waals surface area contributed by atoms with Crippen LogP contribution in [0, 0.1) is 11.3 Å². The Kier molecular flexibility index (Phi) is 9.35. The predicted octanol–water partition coefficient (Wildman–Crippen LogP) is 2.87. The number of hydrogen-bond donors (Lipinski definition) is 0. The summed E-state index contributed by atoms with van der Waals surface area (Å²) in [7, 11) is -1.01. The lowest BCUT2D eigenvalue weighted by atomic mass is 10.3. The Hall–Kier alpha value is -0.420. The minimum atomic E-state index is -1.01. The Morgan fingerprint density at radius 2 is 2.00 bits per heavy atom. The van der Waals surface area contributed by atoms with Crippen LogP contribution in [0.4, 0.5) is 0 Å². The van der Waals surface area contributed by atoms with E-state index >= 15 is 0 Å². The third-order valence-electron chi connectivity index (χ3n) is 1.43. The third-order valence-corrected chi connectivity index (χ3v) is 2.37. The van der Waals surface area contributed by atoms with Crippen LogP contribution >= 0.6 is 8.00 Å². The predicted molar refractivity (Wildman–Crippen MR) is 55.7 cm³/mol. The molecule has 0 saturated carbocycles. The van der Waals surface area contributed by atoms with E-state index in [1.807, 2.05) is 6.07 Å². The lowest BCUT2D eigenvalue weighted by Crippen LogP contribution is -1.90. The Morgan fingerprint density at radius 1 is 1.31 bits per heavy atom. The van der Waals surface area contributed by atoms with Crippen molar-refractivity contribution in [2.45, 2.75) is 32.6 Å². The van der Waals surface area contributed by atoms with E-state index in [2.05, 4.69) is 13.2 Å². The Morgan fingerprint density at radius 3 is 2.62 bits per heavy atom. The van der Waals surface area contributed by atoms with Gasteiger partial charge < -0.3 is 0 Å². The highest BCUT2D eigenvalue weighted by Crippen LogP contribution is 2.23. The summed E-state index contributed by atoms with van der Waals surface area (Å²) in [5.41, 5.74) is 0. The maximum Gasteiger partial charge on any atom is 0.423 e. The minimum absolute atomic E-state index is 0.409. The van der Waals surface area contributed by atoms with Gasteiger partial charge in [0, 0.05) is 0 Å². The van der Waals surface area contributed by atoms with Crippen LogP contribution in [0.2, 0.25) is 0 Å². The summed E-state index contributed by atoms with van der Waals surface area (Å²) in [6.45, 7) is 3.30. The molecule has 3 nitrogen and oxygen atoms in total. The van der Waals surface area contributed by atoms with E-state index in [0.29, 0.717) is 13.0 Å². The Bertz CT molecular complexity index is 177. The van der Waals surface area contributed by atoms with Gasteiger partial charge in [-0.25, -0.2) is 0 Å². The third kappa shape index (κ3) is 9.49. The fourth-order valence-electron chi connectivity index (χ4n) is 0.749. The number of unbranched alkanes of at least 4 members (excludes halogenated alkanes) is 2. The molecule has 0 radical (unpaired) electrons. The van der Waals surface area contributed by atoms with Crippen LogP contribution in [0.1, 0.15) is 32.6 Å². The molecule has 0 rings (SSSR count). The quantitative estimate of drug-likeness (QED) is 0.449. The van der Waals surface area contributed by atoms with Gasteiger partial charge in [-0.05, 0) is 6.42 Å². The molecule has 1 atom stereocenters. The van der Waals surface area contributed by atoms with E-state index in [1.165, 1.54) is 12.8 Å². The average molecular weight is 202 g/mol. The summed E-state index contributed by atoms with van der Waals surface area (Å²) >= 11 is 0. The summed E-state index contributed by atoms with van der Waals surface area (Å²) in [4.78, 5) is 0. The molecule has 0 aliphatic carbocycles. The molecule has 0 aliphatic rings. The SMILES string of the molecule is C=[P+](OCCC#N)OCCCCC. The van der Waals surface area contributed by atoms with E-state index in [4.69, 9.17) is 14.3 Å². The molecule has 0 heterocycles. The van der Waals surface area contributed by atoms with Crippen LogP contribution in [0.3, 0.4) is 0 Å². The van der Waals surface area contributed by atoms with Crippen molar-refractivity contribution in [1.29, 1.82) is 5.26 Å². The highest BCUT2D eigenvalue weighted by atomic mass is 31.1. The van der Waals surface area contributed by atoms with Gasteiger partial charge in [-0.1, -0.05) is 19.8 Å². The molecule has 0 saturated heterocycles. The summed E-state index contributed by atoms with van der Waals surface area (Å²) in [5.74, 6) is 0. The fraction of sp³-hybridized carbons (Fsp3) is 0.778. The molecule has 1 unspecified atom stereocenters. The van der Waals surface area contributed by atoms with Crippen LogP contribution in [0.5, 0.6) is 0 Å². The zero-order chi connectivity index (χ0) is 9.94. The van der Waals surface area contributed by atoms with Crippen molar-refractivity contribution >= 4 is 14.3 Å². The van der Waals surface area contributed by atoms with Crippen molar-refractivity contribution in [1.82, 2.24) is 0 Å². The second-order valence-corrected chi connectivity index (χ2v) is 3.80. The standard InChI is InChI=1S/C9H17NO2P/c1-3-4-5-8-11-13(2)12-9-6-7-10/h2-6,8-9H2,1H3/q+1. The van der Waals surface area contributed by atoms with Crippen LogP contribution in [-0.4, -0.2) is 19.5 Å². The van der Waals surface area contributed by atoms with Crippen molar-refractivity contribution in [2.75, 3.05) is 13.2 Å². The average Bonchev–Trinajstić information content (AvgIpc) is 2.13. The van der Waals surface area contributed by atoms with Crippen LogP contribution in [0.15, 0.2) is 0 Å². The van der Waals surface area contributed by atoms with Crippen molar-refractivity contribution in [2.24, 2.45) is 0 Å². The molecule has 0 aromatic carbocycles. The maximum atomic E-state index is 8.24. The first-order valence-electron chi connectivity index (χ1n) is 4.54. The summed E-state index contributed by atoms with van der Waals surface area (Å²) in [6.07, 6.45) is 7.56. The van der Waals surface area contributed by atoms with Crippen molar-refractivity contribution in [3.05, 3.63) is 0 Å². The van der Waals surface area contributed by atoms with Crippen LogP contribution < -0.4 is 0 Å². The molecule has 0 fully saturated rings. The van der Waals surface area contributed by atoms with Gasteiger partial charge in [0.25, 0.3) is 0 Å². The van der Waals surface area contributed by atoms with Gasteiger partial charge in [0.2, 0.25) is 0 Å². The Labute approximate surface area is 81.2 Å². The maximum absolute atomic E-state index is 8.24. The highest BCUT2D eigenvalue weighted by Gasteiger charge is 2.08. The molecule has 4 heteroatoms. The largest absolute Gasteiger partial charge is 0.423 e. The lowest BCUT2D eigenvalue weighted by molar-refractivity contribution is 0.262. The first-order valence-corrected chi connectivity index (χ1v) is 5.91. The molecule has 0 bridgehead atoms. The molecule has 74 valence electrons. The molecular weight excluding hydrogens is 185 g/mol. The summed E-state index contributed by atoms with van der Waals surface area (Å²) in [5, 5.41) is 8.24. The normalized spacial score (nSPS) is 10.9. The fourth-order valence-corrected chi connectivity index (χ4v) is 1.45. The molecule has 0 aromatic heterocycles. The Balaban J connectivity index is 3.16. The molecule has 0 aromatic rings. The minimum Gasteiger partial charge on any atom is -0.198 e. The topological polar surface area (TPSA) is 42.2 Å². The first-order chi connectivity index (χ1) is 6.31. The highest BCUT2D eigenvalue weighted by molar-refractivity contribution is 7.45. The summed E-state index contributed by atoms with van der Waals surface area (Å²) in [6, 6.07) is 2.00. The molecular formula is C9H17NO2P+. The van der Waals surface area contributed by atoms with Gasteiger partial charge >= 0.3 is 8.00 Å². The van der Waals surface area contributed by atoms with Crippen LogP contribution in [-0.2, 0) is 9.05 Å². The van der Waals surface area contributed by atoms with E-state index in [0.717, 1.165) is 13.0 Å². The number of nitrogens with zero attached hydrogens (tertiary/aromatic N) is 1. The second-order valence-electron chi connectivity index (χ2n) is 2.61. The molecule has 0 spiro atoms. The molecule has 0 aliphatic heterocycles. The number of nitriles is 1. The van der Waals surface area contributed by atoms with Gasteiger partial charge in [0.1, 0.15) is 19.5 Å². The van der Waals surface area contributed by atoms with Crippen molar-refractivity contribution in [3.63, 3.8) is 0 Å². The van der Waals surface area contributed by atoms with Gasteiger partial charge in [-0.15, -0.1) is 0 Å². The zero-order valence-electron chi connectivity index (χ0n) is 8.16. The van der Waals surface area contributed by atoms with E-state index in [1.54, 1.807) is 0 Å². The van der Waals surface area contributed by atoms with Gasteiger partial charge in [0.05, 0.1) is 12.5 Å². The molecule has 0 amide bonds. The lowest BCUT2D eigenvalue weighted by Gasteiger charge is -1.94. The number of hydrogen-bond acceptors (Lipinski definition) is 3. The zero-order valence-corrected chi connectivity index (χ0v) is 9.06. The van der Waals surface area contributed by atoms with Gasteiger partial charge in [-0.2, -0.15) is 14.3 Å². The smallest absolute Gasteiger partial charge is 0.198 e. The first kappa shape index (κ1) is 12.6. The van der Waals surface area contributed by atoms with E-state index < -0.39 is 8.00 Å². The van der Waals surface area contributed by atoms with Crippen LogP contribution in [0.25, 0.3) is 0 Å². The monoisotopic (exact) mass is 202 g/mol. The molecule has 0 N–H and O–H groups in total. The van der Waals surface area contributed by atoms with E-state index in [9.17, 15) is 0 Å². The van der Waals surface area contributed by atoms with Gasteiger partial charge in [-0.3, -0.25) is 0 Å². The summed E-state index contributed by atoms with van der Waals surface area (Å²) < 4.78 is 10.5. The van der Waals surface area contributed by atoms with Gasteiger partial charge in [0.15, 0.2) is 0 Å². The number of rotatable bonds is 8. The van der Waals surface area contributed by atoms with Crippen molar-refractivity contribution < 1.29 is 9.05 Å². The van der Waals surface area contributed by atoms with E-state index in [-0.39, 0.29) is 0 Å².